The van der Waals surface area contributed by atoms with E-state index in [9.17, 15) is 4.79 Å². The van der Waals surface area contributed by atoms with Crippen LogP contribution in [0.25, 0.3) is 0 Å². The number of carbonyl (C=O) groups excluding carboxylic acids is 1. The van der Waals surface area contributed by atoms with Crippen LogP contribution in [0.4, 0.5) is 0 Å². The van der Waals surface area contributed by atoms with Crippen LogP contribution in [0.3, 0.4) is 0 Å². The highest BCUT2D eigenvalue weighted by molar-refractivity contribution is 6.37. The Balaban J connectivity index is 2.25. The molecule has 0 bridgehead atoms. The van der Waals surface area contributed by atoms with Crippen molar-refractivity contribution < 1.29 is 14.3 Å². The first-order valence-electron chi connectivity index (χ1n) is 6.40. The molecule has 1 aromatic rings. The van der Waals surface area contributed by atoms with E-state index in [1.54, 1.807) is 17.0 Å². The first-order valence-corrected chi connectivity index (χ1v) is 7.15. The predicted molar refractivity (Wildman–Crippen MR) is 78.9 cm³/mol. The Bertz CT molecular complexity index is 488. The van der Waals surface area contributed by atoms with Crippen LogP contribution < -0.4 is 4.74 Å². The monoisotopic (exact) mass is 317 g/mol. The number of rotatable bonds is 2. The molecule has 4 nitrogen and oxygen atoms in total. The van der Waals surface area contributed by atoms with Crippen molar-refractivity contribution in [2.75, 3.05) is 20.2 Å². The number of amides is 1. The van der Waals surface area contributed by atoms with Gasteiger partial charge in [0.05, 0.1) is 29.4 Å². The van der Waals surface area contributed by atoms with Crippen molar-refractivity contribution in [2.45, 2.75) is 26.1 Å². The predicted octanol–water partition coefficient (Wildman–Crippen LogP) is 3.25. The minimum Gasteiger partial charge on any atom is -0.494 e. The molecule has 1 aliphatic heterocycles. The summed E-state index contributed by atoms with van der Waals surface area (Å²) in [6.45, 7) is 5.02. The van der Waals surface area contributed by atoms with E-state index in [1.807, 2.05) is 13.8 Å². The van der Waals surface area contributed by atoms with Gasteiger partial charge in [-0.15, -0.1) is 0 Å². The highest BCUT2D eigenvalue weighted by Crippen LogP contribution is 2.34. The van der Waals surface area contributed by atoms with Gasteiger partial charge in [-0.2, -0.15) is 0 Å². The molecule has 2 rings (SSSR count). The zero-order valence-corrected chi connectivity index (χ0v) is 13.2. The van der Waals surface area contributed by atoms with Crippen molar-refractivity contribution in [3.05, 3.63) is 27.7 Å². The zero-order valence-electron chi connectivity index (χ0n) is 11.7. The van der Waals surface area contributed by atoms with Crippen LogP contribution in [0.1, 0.15) is 24.2 Å². The van der Waals surface area contributed by atoms with Crippen molar-refractivity contribution in [2.24, 2.45) is 0 Å². The molecule has 20 heavy (non-hydrogen) atoms. The first-order chi connectivity index (χ1) is 9.42. The molecule has 0 radical (unpaired) electrons. The van der Waals surface area contributed by atoms with Gasteiger partial charge in [0.1, 0.15) is 0 Å². The van der Waals surface area contributed by atoms with Gasteiger partial charge < -0.3 is 14.4 Å². The maximum Gasteiger partial charge on any atom is 0.254 e. The van der Waals surface area contributed by atoms with Gasteiger partial charge in [0.2, 0.25) is 0 Å². The number of hydrogen-bond acceptors (Lipinski definition) is 3. The third-order valence-corrected chi connectivity index (χ3v) is 3.72. The zero-order chi connectivity index (χ0) is 14.9. The number of methoxy groups -OCH3 is 1. The fraction of sp³-hybridized carbons (Fsp3) is 0.500. The van der Waals surface area contributed by atoms with E-state index in [2.05, 4.69) is 0 Å². The standard InChI is InChI=1S/C14H17Cl2NO3/c1-8-6-17(7-9(2)20-8)14(18)10-4-11(15)13(19-3)12(16)5-10/h4-5,8-9H,6-7H2,1-3H3/t8-,9-/m0/s1. The maximum absolute atomic E-state index is 12.5. The van der Waals surface area contributed by atoms with E-state index in [0.717, 1.165) is 0 Å². The van der Waals surface area contributed by atoms with E-state index in [-0.39, 0.29) is 18.1 Å². The third kappa shape index (κ3) is 3.19. The molecule has 6 heteroatoms. The van der Waals surface area contributed by atoms with Crippen LogP contribution in [0.5, 0.6) is 5.75 Å². The van der Waals surface area contributed by atoms with E-state index < -0.39 is 0 Å². The number of carbonyl (C=O) groups is 1. The summed E-state index contributed by atoms with van der Waals surface area (Å²) in [7, 11) is 1.49. The molecule has 1 amide bonds. The second kappa shape index (κ2) is 6.20. The highest BCUT2D eigenvalue weighted by atomic mass is 35.5. The number of nitrogens with zero attached hydrogens (tertiary/aromatic N) is 1. The molecular weight excluding hydrogens is 301 g/mol. The van der Waals surface area contributed by atoms with Crippen LogP contribution in [0, 0.1) is 0 Å². The molecule has 0 aromatic heterocycles. The smallest absolute Gasteiger partial charge is 0.254 e. The topological polar surface area (TPSA) is 38.8 Å². The van der Waals surface area contributed by atoms with Gasteiger partial charge >= 0.3 is 0 Å². The Hall–Kier alpha value is -0.970. The van der Waals surface area contributed by atoms with Crippen molar-refractivity contribution in [3.63, 3.8) is 0 Å². The van der Waals surface area contributed by atoms with Crippen molar-refractivity contribution in [3.8, 4) is 5.75 Å². The lowest BCUT2D eigenvalue weighted by molar-refractivity contribution is -0.0586. The van der Waals surface area contributed by atoms with Crippen LogP contribution >= 0.6 is 23.2 Å². The van der Waals surface area contributed by atoms with Gasteiger partial charge in [0, 0.05) is 18.7 Å². The Morgan fingerprint density at radius 1 is 1.25 bits per heavy atom. The Morgan fingerprint density at radius 3 is 2.20 bits per heavy atom. The fourth-order valence-corrected chi connectivity index (χ4v) is 3.05. The molecule has 1 heterocycles. The van der Waals surface area contributed by atoms with E-state index in [0.29, 0.717) is 34.4 Å². The summed E-state index contributed by atoms with van der Waals surface area (Å²) >= 11 is 12.1. The second-order valence-corrected chi connectivity index (χ2v) is 5.75. The molecule has 1 aromatic carbocycles. The molecule has 0 spiro atoms. The lowest BCUT2D eigenvalue weighted by Gasteiger charge is -2.35. The molecule has 110 valence electrons. The maximum atomic E-state index is 12.5. The number of ether oxygens (including phenoxy) is 2. The fourth-order valence-electron chi connectivity index (χ4n) is 2.40. The molecular formula is C14H17Cl2NO3. The van der Waals surface area contributed by atoms with Gasteiger partial charge in [-0.3, -0.25) is 4.79 Å². The Labute approximate surface area is 128 Å². The molecule has 1 saturated heterocycles. The number of hydrogen-bond donors (Lipinski definition) is 0. The minimum atomic E-state index is -0.0987. The van der Waals surface area contributed by atoms with Crippen LogP contribution in [-0.2, 0) is 4.74 Å². The average Bonchev–Trinajstić information content (AvgIpc) is 2.36. The van der Waals surface area contributed by atoms with E-state index in [1.165, 1.54) is 7.11 Å². The van der Waals surface area contributed by atoms with Crippen molar-refractivity contribution >= 4 is 29.1 Å². The molecule has 0 aliphatic carbocycles. The lowest BCUT2D eigenvalue weighted by atomic mass is 10.1. The normalized spacial score (nSPS) is 22.8. The average molecular weight is 318 g/mol. The highest BCUT2D eigenvalue weighted by Gasteiger charge is 2.27. The van der Waals surface area contributed by atoms with Gasteiger partial charge in [0.25, 0.3) is 5.91 Å². The van der Waals surface area contributed by atoms with Crippen molar-refractivity contribution in [1.82, 2.24) is 4.90 Å². The lowest BCUT2D eigenvalue weighted by Crippen LogP contribution is -2.48. The number of benzene rings is 1. The van der Waals surface area contributed by atoms with Crippen molar-refractivity contribution in [1.29, 1.82) is 0 Å². The third-order valence-electron chi connectivity index (χ3n) is 3.16. The summed E-state index contributed by atoms with van der Waals surface area (Å²) in [5, 5.41) is 0.662. The van der Waals surface area contributed by atoms with Crippen LogP contribution in [-0.4, -0.2) is 43.2 Å². The van der Waals surface area contributed by atoms with Gasteiger partial charge in [-0.05, 0) is 26.0 Å². The largest absolute Gasteiger partial charge is 0.494 e. The molecule has 0 unspecified atom stereocenters. The SMILES string of the molecule is COc1c(Cl)cc(C(=O)N2C[C@H](C)O[C@@H](C)C2)cc1Cl. The Kier molecular flexibility index (Phi) is 4.78. The summed E-state index contributed by atoms with van der Waals surface area (Å²) in [6, 6.07) is 3.17. The molecule has 1 aliphatic rings. The summed E-state index contributed by atoms with van der Waals surface area (Å²) in [4.78, 5) is 14.3. The molecule has 0 saturated carbocycles. The summed E-state index contributed by atoms with van der Waals surface area (Å²) in [6.07, 6.45) is 0.0405. The van der Waals surface area contributed by atoms with E-state index >= 15 is 0 Å². The minimum absolute atomic E-state index is 0.0203. The van der Waals surface area contributed by atoms with E-state index in [4.69, 9.17) is 32.7 Å². The second-order valence-electron chi connectivity index (χ2n) is 4.94. The summed E-state index contributed by atoms with van der Waals surface area (Å²) in [5.41, 5.74) is 0.460. The van der Waals surface area contributed by atoms with Crippen LogP contribution in [0.2, 0.25) is 10.0 Å². The van der Waals surface area contributed by atoms with Crippen LogP contribution in [0.15, 0.2) is 12.1 Å². The number of halogens is 2. The Morgan fingerprint density at radius 2 is 1.75 bits per heavy atom. The van der Waals surface area contributed by atoms with Gasteiger partial charge in [-0.1, -0.05) is 23.2 Å². The summed E-state index contributed by atoms with van der Waals surface area (Å²) < 4.78 is 10.7. The quantitative estimate of drug-likeness (QED) is 0.840. The number of morpholine rings is 1. The first kappa shape index (κ1) is 15.4. The van der Waals surface area contributed by atoms with Gasteiger partial charge in [0.15, 0.2) is 5.75 Å². The molecule has 2 atom stereocenters. The summed E-state index contributed by atoms with van der Waals surface area (Å²) in [5.74, 6) is 0.284. The molecule has 0 N–H and O–H groups in total. The van der Waals surface area contributed by atoms with Gasteiger partial charge in [-0.25, -0.2) is 0 Å². The molecule has 1 fully saturated rings.